The first-order chi connectivity index (χ1) is 13.5. The number of hydrogen-bond donors (Lipinski definition) is 1. The minimum absolute atomic E-state index is 0.142. The fraction of sp³-hybridized carbons (Fsp3) is 0.364. The van der Waals surface area contributed by atoms with Crippen LogP contribution < -0.4 is 9.30 Å². The zero-order valence-corrected chi connectivity index (χ0v) is 17.4. The van der Waals surface area contributed by atoms with Gasteiger partial charge in [-0.1, -0.05) is 11.6 Å². The molecule has 0 fully saturated rings. The Labute approximate surface area is 170 Å². The molecule has 0 amide bonds. The van der Waals surface area contributed by atoms with Crippen molar-refractivity contribution in [2.75, 3.05) is 13.7 Å². The van der Waals surface area contributed by atoms with Crippen molar-refractivity contribution >= 4 is 11.6 Å². The average Bonchev–Trinajstić information content (AvgIpc) is 2.88. The summed E-state index contributed by atoms with van der Waals surface area (Å²) in [6.07, 6.45) is 0.991. The molecule has 28 heavy (non-hydrogen) atoms. The Morgan fingerprint density at radius 3 is 2.64 bits per heavy atom. The Hall–Kier alpha value is -2.37. The molecular weight excluding hydrogens is 374 g/mol. The van der Waals surface area contributed by atoms with E-state index in [9.17, 15) is 0 Å². The number of ether oxygens (including phenoxy) is 2. The van der Waals surface area contributed by atoms with Gasteiger partial charge in [-0.05, 0) is 51.1 Å². The lowest BCUT2D eigenvalue weighted by Crippen LogP contribution is -2.41. The van der Waals surface area contributed by atoms with Gasteiger partial charge in [0.25, 0.3) is 5.82 Å². The quantitative estimate of drug-likeness (QED) is 0.670. The van der Waals surface area contributed by atoms with E-state index in [1.165, 1.54) is 5.69 Å². The van der Waals surface area contributed by atoms with Crippen LogP contribution in [0.25, 0.3) is 22.6 Å². The van der Waals surface area contributed by atoms with Gasteiger partial charge in [-0.3, -0.25) is 4.98 Å². The van der Waals surface area contributed by atoms with Crippen LogP contribution in [0, 0.1) is 13.8 Å². The summed E-state index contributed by atoms with van der Waals surface area (Å²) in [7, 11) is 1.64. The van der Waals surface area contributed by atoms with Crippen molar-refractivity contribution in [1.82, 2.24) is 9.97 Å². The SMILES string of the molecule is COc1cc(-c2[nH]c(-c3cc(C)nc(C)c3)c3[n+]2CC(C)OCC3)ccc1Cl. The lowest BCUT2D eigenvalue weighted by Gasteiger charge is -2.08. The molecule has 0 bridgehead atoms. The maximum Gasteiger partial charge on any atom is 0.287 e. The van der Waals surface area contributed by atoms with Crippen LogP contribution in [0.1, 0.15) is 24.0 Å². The molecule has 4 rings (SSSR count). The zero-order chi connectivity index (χ0) is 19.8. The molecular formula is C22H25ClN3O2+. The number of hydrogen-bond acceptors (Lipinski definition) is 3. The molecule has 3 aromatic rings. The first kappa shape index (κ1) is 19.0. The van der Waals surface area contributed by atoms with Gasteiger partial charge in [-0.25, -0.2) is 9.55 Å². The van der Waals surface area contributed by atoms with E-state index in [1.54, 1.807) is 7.11 Å². The van der Waals surface area contributed by atoms with E-state index in [0.717, 1.165) is 47.0 Å². The van der Waals surface area contributed by atoms with Crippen molar-refractivity contribution in [1.29, 1.82) is 0 Å². The summed E-state index contributed by atoms with van der Waals surface area (Å²) < 4.78 is 13.7. The number of halogens is 1. The van der Waals surface area contributed by atoms with E-state index in [-0.39, 0.29) is 6.10 Å². The second-order valence-corrected chi connectivity index (χ2v) is 7.73. The van der Waals surface area contributed by atoms with Gasteiger partial charge in [-0.2, -0.15) is 0 Å². The molecule has 1 N–H and O–H groups in total. The van der Waals surface area contributed by atoms with Gasteiger partial charge in [0.05, 0.1) is 30.4 Å². The summed E-state index contributed by atoms with van der Waals surface area (Å²) in [4.78, 5) is 8.20. The molecule has 2 aromatic heterocycles. The second kappa shape index (κ2) is 7.57. The van der Waals surface area contributed by atoms with Crippen LogP contribution in [0.5, 0.6) is 5.75 Å². The van der Waals surface area contributed by atoms with Crippen LogP contribution in [0.15, 0.2) is 30.3 Å². The Morgan fingerprint density at radius 2 is 1.93 bits per heavy atom. The van der Waals surface area contributed by atoms with Gasteiger partial charge < -0.3 is 9.47 Å². The summed E-state index contributed by atoms with van der Waals surface area (Å²) in [5, 5.41) is 0.603. The van der Waals surface area contributed by atoms with Crippen LogP contribution in [-0.4, -0.2) is 29.8 Å². The Bertz CT molecular complexity index is 1010. The summed E-state index contributed by atoms with van der Waals surface area (Å²) >= 11 is 6.24. The Balaban J connectivity index is 1.93. The van der Waals surface area contributed by atoms with Crippen molar-refractivity contribution < 1.29 is 14.0 Å². The fourth-order valence-corrected chi connectivity index (χ4v) is 4.10. The number of nitrogens with one attached hydrogen (secondary N) is 1. The number of fused-ring (bicyclic) bond motifs is 1. The molecule has 3 heterocycles. The molecule has 0 spiro atoms. The third-order valence-corrected chi connectivity index (χ3v) is 5.42. The first-order valence-electron chi connectivity index (χ1n) is 9.52. The van der Waals surface area contributed by atoms with Crippen molar-refractivity contribution in [2.45, 2.75) is 39.8 Å². The minimum atomic E-state index is 0.142. The predicted molar refractivity (Wildman–Crippen MR) is 110 cm³/mol. The molecule has 1 aliphatic heterocycles. The largest absolute Gasteiger partial charge is 0.495 e. The number of pyridine rings is 1. The topological polar surface area (TPSA) is 51.0 Å². The summed E-state index contributed by atoms with van der Waals surface area (Å²) in [6, 6.07) is 10.1. The van der Waals surface area contributed by atoms with Crippen molar-refractivity contribution in [2.24, 2.45) is 0 Å². The molecule has 6 heteroatoms. The summed E-state index contributed by atoms with van der Waals surface area (Å²) in [5.74, 6) is 1.70. The number of methoxy groups -OCH3 is 1. The molecule has 1 aromatic carbocycles. The number of aromatic amines is 1. The molecule has 1 atom stereocenters. The lowest BCUT2D eigenvalue weighted by atomic mass is 10.1. The van der Waals surface area contributed by atoms with E-state index < -0.39 is 0 Å². The Morgan fingerprint density at radius 1 is 1.18 bits per heavy atom. The smallest absolute Gasteiger partial charge is 0.287 e. The van der Waals surface area contributed by atoms with Crippen LogP contribution >= 0.6 is 11.6 Å². The highest BCUT2D eigenvalue weighted by Crippen LogP contribution is 2.32. The van der Waals surface area contributed by atoms with Crippen LogP contribution in [0.3, 0.4) is 0 Å². The number of imidazole rings is 1. The van der Waals surface area contributed by atoms with Crippen LogP contribution in [0.4, 0.5) is 0 Å². The highest BCUT2D eigenvalue weighted by Gasteiger charge is 2.30. The number of aryl methyl sites for hydroxylation is 2. The molecule has 5 nitrogen and oxygen atoms in total. The highest BCUT2D eigenvalue weighted by molar-refractivity contribution is 6.32. The molecule has 1 aliphatic rings. The standard InChI is InChI=1S/C22H24ClN3O2/c1-13-9-17(10-14(2)24-13)21-19-7-8-28-15(3)12-26(19)22(25-21)16-5-6-18(23)20(11-16)27-4/h5-6,9-11,15H,7-8,12H2,1-4H3/p+1. The molecule has 0 radical (unpaired) electrons. The molecule has 0 saturated carbocycles. The predicted octanol–water partition coefficient (Wildman–Crippen LogP) is 4.27. The molecule has 1 unspecified atom stereocenters. The second-order valence-electron chi connectivity index (χ2n) is 7.33. The number of aromatic nitrogens is 3. The molecule has 0 aliphatic carbocycles. The zero-order valence-electron chi connectivity index (χ0n) is 16.7. The van der Waals surface area contributed by atoms with E-state index in [4.69, 9.17) is 21.1 Å². The lowest BCUT2D eigenvalue weighted by molar-refractivity contribution is -0.694. The van der Waals surface area contributed by atoms with Gasteiger partial charge in [0.15, 0.2) is 11.4 Å². The first-order valence-corrected chi connectivity index (χ1v) is 9.90. The van der Waals surface area contributed by atoms with Crippen molar-refractivity contribution in [3.8, 4) is 28.4 Å². The molecule has 0 saturated heterocycles. The minimum Gasteiger partial charge on any atom is -0.495 e. The number of benzene rings is 1. The number of H-pyrrole nitrogens is 1. The van der Waals surface area contributed by atoms with Gasteiger partial charge in [0.1, 0.15) is 12.3 Å². The Kier molecular flexibility index (Phi) is 5.13. The fourth-order valence-electron chi connectivity index (χ4n) is 3.91. The van der Waals surface area contributed by atoms with Gasteiger partial charge >= 0.3 is 0 Å². The van der Waals surface area contributed by atoms with E-state index in [0.29, 0.717) is 17.4 Å². The maximum atomic E-state index is 6.24. The normalized spacial score (nSPS) is 16.5. The van der Waals surface area contributed by atoms with Gasteiger partial charge in [0, 0.05) is 23.4 Å². The highest BCUT2D eigenvalue weighted by atomic mass is 35.5. The van der Waals surface area contributed by atoms with Crippen LogP contribution in [0.2, 0.25) is 5.02 Å². The molecule has 146 valence electrons. The number of nitrogens with zero attached hydrogens (tertiary/aromatic N) is 2. The van der Waals surface area contributed by atoms with Gasteiger partial charge in [0.2, 0.25) is 0 Å². The number of rotatable bonds is 3. The monoisotopic (exact) mass is 398 g/mol. The maximum absolute atomic E-state index is 6.24. The van der Waals surface area contributed by atoms with Crippen molar-refractivity contribution in [3.63, 3.8) is 0 Å². The van der Waals surface area contributed by atoms with Crippen LogP contribution in [-0.2, 0) is 17.7 Å². The average molecular weight is 399 g/mol. The van der Waals surface area contributed by atoms with E-state index in [1.807, 2.05) is 32.0 Å². The third-order valence-electron chi connectivity index (χ3n) is 5.10. The van der Waals surface area contributed by atoms with E-state index >= 15 is 0 Å². The summed E-state index contributed by atoms with van der Waals surface area (Å²) in [6.45, 7) is 7.66. The van der Waals surface area contributed by atoms with E-state index in [2.05, 4.69) is 33.6 Å². The van der Waals surface area contributed by atoms with Gasteiger partial charge in [-0.15, -0.1) is 0 Å². The van der Waals surface area contributed by atoms with Crippen molar-refractivity contribution in [3.05, 3.63) is 52.4 Å². The summed E-state index contributed by atoms with van der Waals surface area (Å²) in [5.41, 5.74) is 6.57. The third kappa shape index (κ3) is 3.52.